The maximum atomic E-state index is 12.6. The number of aromatic carboxylic acids is 1. The Hall–Kier alpha value is -4.19. The quantitative estimate of drug-likeness (QED) is 0.652. The highest BCUT2D eigenvalue weighted by Gasteiger charge is 2.23. The van der Waals surface area contributed by atoms with Crippen LogP contribution in [-0.2, 0) is 0 Å². The van der Waals surface area contributed by atoms with Crippen LogP contribution in [0.4, 0.5) is 22.0 Å². The lowest BCUT2D eigenvalue weighted by molar-refractivity contribution is 0.0698. The Morgan fingerprint density at radius 3 is 2.57 bits per heavy atom. The van der Waals surface area contributed by atoms with Gasteiger partial charge in [0.05, 0.1) is 35.1 Å². The monoisotopic (exact) mass is 402 g/mol. The van der Waals surface area contributed by atoms with Crippen LogP contribution < -0.4 is 10.2 Å². The van der Waals surface area contributed by atoms with Gasteiger partial charge in [0.15, 0.2) is 5.69 Å². The summed E-state index contributed by atoms with van der Waals surface area (Å²) >= 11 is 0. The lowest BCUT2D eigenvalue weighted by Crippen LogP contribution is -2.50. The van der Waals surface area contributed by atoms with Gasteiger partial charge in [-0.15, -0.1) is 0 Å². The van der Waals surface area contributed by atoms with E-state index in [9.17, 15) is 14.7 Å². The molecule has 1 aromatic heterocycles. The van der Waals surface area contributed by atoms with Crippen LogP contribution in [0.2, 0.25) is 0 Å². The molecule has 2 amide bonds. The molecule has 0 saturated carbocycles. The summed E-state index contributed by atoms with van der Waals surface area (Å²) in [5, 5.41) is 11.9. The van der Waals surface area contributed by atoms with Gasteiger partial charge in [0.1, 0.15) is 5.82 Å². The minimum Gasteiger partial charge on any atom is -0.478 e. The van der Waals surface area contributed by atoms with Crippen molar-refractivity contribution in [2.75, 3.05) is 36.4 Å². The van der Waals surface area contributed by atoms with Gasteiger partial charge in [-0.05, 0) is 24.3 Å². The molecule has 1 fully saturated rings. The molecule has 4 rings (SSSR count). The molecule has 9 heteroatoms. The lowest BCUT2D eigenvalue weighted by atomic mass is 10.2. The zero-order valence-electron chi connectivity index (χ0n) is 15.9. The highest BCUT2D eigenvalue weighted by molar-refractivity contribution is 6.00. The van der Waals surface area contributed by atoms with Gasteiger partial charge in [-0.3, -0.25) is 4.98 Å². The smallest absolute Gasteiger partial charge is 0.337 e. The topological polar surface area (TPSA) is 103 Å². The number of nitrogens with zero attached hydrogens (tertiary/aromatic N) is 5. The summed E-state index contributed by atoms with van der Waals surface area (Å²) in [7, 11) is 0. The average molecular weight is 402 g/mol. The van der Waals surface area contributed by atoms with Gasteiger partial charge in [-0.2, -0.15) is 0 Å². The van der Waals surface area contributed by atoms with E-state index in [1.807, 2.05) is 4.90 Å². The minimum absolute atomic E-state index is 0.0531. The molecule has 2 heterocycles. The van der Waals surface area contributed by atoms with Crippen LogP contribution in [0.3, 0.4) is 0 Å². The Kier molecular flexibility index (Phi) is 5.13. The minimum atomic E-state index is -1.09. The lowest BCUT2D eigenvalue weighted by Gasteiger charge is -2.35. The van der Waals surface area contributed by atoms with Crippen LogP contribution in [0.1, 0.15) is 10.4 Å². The maximum absolute atomic E-state index is 12.6. The summed E-state index contributed by atoms with van der Waals surface area (Å²) in [6.45, 7) is 9.18. The second kappa shape index (κ2) is 8.05. The van der Waals surface area contributed by atoms with Crippen molar-refractivity contribution in [3.63, 3.8) is 0 Å². The van der Waals surface area contributed by atoms with Crippen molar-refractivity contribution in [3.05, 3.63) is 65.6 Å². The van der Waals surface area contributed by atoms with Gasteiger partial charge in [0.25, 0.3) is 0 Å². The van der Waals surface area contributed by atoms with Crippen molar-refractivity contribution in [3.8, 4) is 0 Å². The number of para-hydroxylation sites is 1. The number of carbonyl (C=O) groups is 2. The molecule has 0 spiro atoms. The number of carbonyl (C=O) groups excluding carboxylic acids is 1. The Morgan fingerprint density at radius 2 is 1.83 bits per heavy atom. The molecule has 3 aromatic rings. The van der Waals surface area contributed by atoms with E-state index in [2.05, 4.69) is 20.1 Å². The number of benzene rings is 2. The van der Waals surface area contributed by atoms with Crippen LogP contribution >= 0.6 is 0 Å². The molecule has 150 valence electrons. The van der Waals surface area contributed by atoms with Gasteiger partial charge in [-0.25, -0.2) is 19.4 Å². The molecule has 30 heavy (non-hydrogen) atoms. The number of anilines is 2. The van der Waals surface area contributed by atoms with E-state index >= 15 is 0 Å². The van der Waals surface area contributed by atoms with Gasteiger partial charge in [0.2, 0.25) is 0 Å². The van der Waals surface area contributed by atoms with E-state index in [-0.39, 0.29) is 17.3 Å². The van der Waals surface area contributed by atoms with E-state index in [1.54, 1.807) is 47.5 Å². The Labute approximate surface area is 172 Å². The van der Waals surface area contributed by atoms with Crippen molar-refractivity contribution in [2.24, 2.45) is 0 Å². The second-order valence-electron chi connectivity index (χ2n) is 6.77. The SMILES string of the molecule is [C-]#[N+]c1ccc2nc(N3CCN(C(=O)Nc4ccccc4C(=O)O)CC3)cnc2c1. The summed E-state index contributed by atoms with van der Waals surface area (Å²) in [4.78, 5) is 40.0. The fraction of sp³-hybridized carbons (Fsp3) is 0.190. The molecule has 0 bridgehead atoms. The van der Waals surface area contributed by atoms with Crippen molar-refractivity contribution >= 4 is 40.2 Å². The zero-order chi connectivity index (χ0) is 21.1. The highest BCUT2D eigenvalue weighted by atomic mass is 16.4. The first-order valence-electron chi connectivity index (χ1n) is 9.32. The van der Waals surface area contributed by atoms with Crippen molar-refractivity contribution in [1.29, 1.82) is 0 Å². The Morgan fingerprint density at radius 1 is 1.07 bits per heavy atom. The molecular weight excluding hydrogens is 384 g/mol. The third-order valence-corrected chi connectivity index (χ3v) is 4.93. The van der Waals surface area contributed by atoms with Crippen molar-refractivity contribution in [1.82, 2.24) is 14.9 Å². The molecule has 0 unspecified atom stereocenters. The fourth-order valence-corrected chi connectivity index (χ4v) is 3.32. The van der Waals surface area contributed by atoms with E-state index in [0.29, 0.717) is 48.7 Å². The van der Waals surface area contributed by atoms with Crippen molar-refractivity contribution < 1.29 is 14.7 Å². The molecule has 1 saturated heterocycles. The number of urea groups is 1. The van der Waals surface area contributed by atoms with Crippen LogP contribution in [0.15, 0.2) is 48.7 Å². The fourth-order valence-electron chi connectivity index (χ4n) is 3.32. The standard InChI is InChI=1S/C21H18N6O3/c1-22-14-6-7-17-18(12-14)23-13-19(24-17)26-8-10-27(11-9-26)21(30)25-16-5-3-2-4-15(16)20(28)29/h2-7,12-13H,8-11H2,(H,25,30)(H,28,29). The van der Waals surface area contributed by atoms with Crippen LogP contribution in [0.25, 0.3) is 15.9 Å². The summed E-state index contributed by atoms with van der Waals surface area (Å²) in [5.41, 5.74) is 2.23. The van der Waals surface area contributed by atoms with E-state index in [0.717, 1.165) is 0 Å². The first kappa shape index (κ1) is 19.1. The van der Waals surface area contributed by atoms with Crippen LogP contribution in [-0.4, -0.2) is 58.2 Å². The van der Waals surface area contributed by atoms with E-state index in [4.69, 9.17) is 6.57 Å². The number of nitrogens with one attached hydrogen (secondary N) is 1. The third kappa shape index (κ3) is 3.84. The first-order valence-corrected chi connectivity index (χ1v) is 9.32. The molecule has 0 aliphatic carbocycles. The summed E-state index contributed by atoms with van der Waals surface area (Å²) in [5.74, 6) is -0.372. The van der Waals surface area contributed by atoms with Gasteiger partial charge in [0, 0.05) is 26.2 Å². The molecule has 1 aliphatic heterocycles. The highest BCUT2D eigenvalue weighted by Crippen LogP contribution is 2.22. The number of carboxylic acid groups (broad SMARTS) is 1. The third-order valence-electron chi connectivity index (χ3n) is 4.93. The number of hydrogen-bond donors (Lipinski definition) is 2. The predicted octanol–water partition coefficient (Wildman–Crippen LogP) is 3.23. The number of aromatic nitrogens is 2. The normalized spacial score (nSPS) is 13.7. The molecule has 0 radical (unpaired) electrons. The van der Waals surface area contributed by atoms with Crippen LogP contribution in [0, 0.1) is 6.57 Å². The van der Waals surface area contributed by atoms with Gasteiger partial charge >= 0.3 is 12.0 Å². The number of hydrogen-bond acceptors (Lipinski definition) is 5. The molecule has 1 aliphatic rings. The molecular formula is C21H18N6O3. The number of carboxylic acids is 1. The summed E-state index contributed by atoms with van der Waals surface area (Å²) in [6, 6.07) is 11.2. The maximum Gasteiger partial charge on any atom is 0.337 e. The van der Waals surface area contributed by atoms with Gasteiger partial charge < -0.3 is 20.2 Å². The Balaban J connectivity index is 1.41. The molecule has 9 nitrogen and oxygen atoms in total. The van der Waals surface area contributed by atoms with E-state index < -0.39 is 5.97 Å². The Bertz CT molecular complexity index is 1160. The number of rotatable bonds is 3. The predicted molar refractivity (Wildman–Crippen MR) is 112 cm³/mol. The summed E-state index contributed by atoms with van der Waals surface area (Å²) < 4.78 is 0. The van der Waals surface area contributed by atoms with E-state index in [1.165, 1.54) is 6.07 Å². The van der Waals surface area contributed by atoms with Crippen LogP contribution in [0.5, 0.6) is 0 Å². The first-order chi connectivity index (χ1) is 14.5. The number of piperazine rings is 1. The molecule has 2 N–H and O–H groups in total. The summed E-state index contributed by atoms with van der Waals surface area (Å²) in [6.07, 6.45) is 1.68. The molecule has 2 aromatic carbocycles. The van der Waals surface area contributed by atoms with Crippen molar-refractivity contribution in [2.45, 2.75) is 0 Å². The molecule has 0 atom stereocenters. The zero-order valence-corrected chi connectivity index (χ0v) is 15.9. The average Bonchev–Trinajstić information content (AvgIpc) is 2.78. The number of amides is 2. The largest absolute Gasteiger partial charge is 0.478 e. The number of fused-ring (bicyclic) bond motifs is 1. The second-order valence-corrected chi connectivity index (χ2v) is 6.77. The van der Waals surface area contributed by atoms with Gasteiger partial charge in [-0.1, -0.05) is 18.2 Å².